The Labute approximate surface area is 76.4 Å². The molecule has 0 atom stereocenters. The van der Waals surface area contributed by atoms with Gasteiger partial charge in [-0.2, -0.15) is 0 Å². The standard InChI is InChI=1S/C5H10OS2.Mn/c1-3-6-5(7)8-4-2;/h3-4H2,1-2H3;. The minimum atomic E-state index is 0. The Hall–Kier alpha value is 0.759. The van der Waals surface area contributed by atoms with Gasteiger partial charge in [0.25, 0.3) is 0 Å². The number of ether oxygens (including phenoxy) is 1. The Morgan fingerprint density at radius 1 is 1.56 bits per heavy atom. The second-order valence-corrected chi connectivity index (χ2v) is 2.98. The molecule has 0 rings (SSSR count). The summed E-state index contributed by atoms with van der Waals surface area (Å²) in [4.78, 5) is 0. The first kappa shape index (κ1) is 12.4. The van der Waals surface area contributed by atoms with Crippen molar-refractivity contribution in [2.24, 2.45) is 0 Å². The molecule has 4 heteroatoms. The van der Waals surface area contributed by atoms with Crippen molar-refractivity contribution in [2.75, 3.05) is 12.4 Å². The number of thiocarbonyl (C=S) groups is 1. The zero-order chi connectivity index (χ0) is 6.41. The molecule has 0 aliphatic rings. The van der Waals surface area contributed by atoms with Gasteiger partial charge in [0.1, 0.15) is 0 Å². The molecular weight excluding hydrogens is 195 g/mol. The average molecular weight is 205 g/mol. The normalized spacial score (nSPS) is 7.78. The molecule has 0 aliphatic carbocycles. The van der Waals surface area contributed by atoms with Crippen molar-refractivity contribution in [1.82, 2.24) is 0 Å². The first-order valence-corrected chi connectivity index (χ1v) is 4.00. The number of thioether (sulfide) groups is 1. The van der Waals surface area contributed by atoms with Gasteiger partial charge in [-0.15, -0.1) is 0 Å². The van der Waals surface area contributed by atoms with Crippen molar-refractivity contribution in [3.63, 3.8) is 0 Å². The molecule has 9 heavy (non-hydrogen) atoms. The van der Waals surface area contributed by atoms with Crippen molar-refractivity contribution in [2.45, 2.75) is 13.8 Å². The van der Waals surface area contributed by atoms with Crippen molar-refractivity contribution >= 4 is 28.4 Å². The van der Waals surface area contributed by atoms with Crippen LogP contribution in [0.2, 0.25) is 0 Å². The summed E-state index contributed by atoms with van der Waals surface area (Å²) in [6.45, 7) is 4.67. The van der Waals surface area contributed by atoms with Crippen LogP contribution in [-0.2, 0) is 21.8 Å². The van der Waals surface area contributed by atoms with E-state index >= 15 is 0 Å². The Kier molecular flexibility index (Phi) is 12.1. The first-order chi connectivity index (χ1) is 3.81. The summed E-state index contributed by atoms with van der Waals surface area (Å²) >= 11 is 6.36. The van der Waals surface area contributed by atoms with Crippen molar-refractivity contribution < 1.29 is 21.8 Å². The molecule has 0 unspecified atom stereocenters. The van der Waals surface area contributed by atoms with Crippen LogP contribution in [0.5, 0.6) is 0 Å². The van der Waals surface area contributed by atoms with E-state index in [1.165, 1.54) is 0 Å². The van der Waals surface area contributed by atoms with Gasteiger partial charge in [0.15, 0.2) is 0 Å². The van der Waals surface area contributed by atoms with Gasteiger partial charge in [-0.05, 0) is 24.9 Å². The van der Waals surface area contributed by atoms with E-state index in [1.54, 1.807) is 11.8 Å². The van der Waals surface area contributed by atoms with E-state index in [1.807, 2.05) is 6.92 Å². The largest absolute Gasteiger partial charge is 0.479 e. The SMILES string of the molecule is CCOC(=S)SCC.[Mn]. The van der Waals surface area contributed by atoms with Crippen LogP contribution in [0.4, 0.5) is 0 Å². The van der Waals surface area contributed by atoms with Gasteiger partial charge in [0.2, 0.25) is 4.38 Å². The summed E-state index contributed by atoms with van der Waals surface area (Å²) in [6.07, 6.45) is 0. The minimum Gasteiger partial charge on any atom is -0.479 e. The second kappa shape index (κ2) is 8.76. The third-order valence-electron chi connectivity index (χ3n) is 0.524. The van der Waals surface area contributed by atoms with Gasteiger partial charge in [0, 0.05) is 17.1 Å². The van der Waals surface area contributed by atoms with Gasteiger partial charge < -0.3 is 4.74 Å². The summed E-state index contributed by atoms with van der Waals surface area (Å²) in [5.41, 5.74) is 0. The quantitative estimate of drug-likeness (QED) is 0.504. The summed E-state index contributed by atoms with van der Waals surface area (Å²) < 4.78 is 5.64. The smallest absolute Gasteiger partial charge is 0.219 e. The van der Waals surface area contributed by atoms with E-state index in [0.717, 1.165) is 5.75 Å². The molecule has 1 radical (unpaired) electrons. The molecule has 0 aromatic heterocycles. The van der Waals surface area contributed by atoms with Crippen LogP contribution in [-0.4, -0.2) is 16.7 Å². The molecule has 0 amide bonds. The molecule has 0 bridgehead atoms. The molecule has 0 aromatic carbocycles. The predicted molar refractivity (Wildman–Crippen MR) is 42.4 cm³/mol. The van der Waals surface area contributed by atoms with E-state index in [4.69, 9.17) is 17.0 Å². The van der Waals surface area contributed by atoms with Gasteiger partial charge in [-0.25, -0.2) is 0 Å². The maximum Gasteiger partial charge on any atom is 0.219 e. The topological polar surface area (TPSA) is 9.23 Å². The Morgan fingerprint density at radius 2 is 2.11 bits per heavy atom. The van der Waals surface area contributed by atoms with Crippen molar-refractivity contribution in [3.05, 3.63) is 0 Å². The predicted octanol–water partition coefficient (Wildman–Crippen LogP) is 2.06. The molecule has 0 heterocycles. The minimum absolute atomic E-state index is 0. The van der Waals surface area contributed by atoms with Crippen LogP contribution in [0.25, 0.3) is 0 Å². The molecule has 0 N–H and O–H groups in total. The van der Waals surface area contributed by atoms with Crippen molar-refractivity contribution in [3.8, 4) is 0 Å². The van der Waals surface area contributed by atoms with E-state index < -0.39 is 0 Å². The number of hydrogen-bond donors (Lipinski definition) is 0. The number of hydrogen-bond acceptors (Lipinski definition) is 3. The van der Waals surface area contributed by atoms with E-state index in [9.17, 15) is 0 Å². The maximum absolute atomic E-state index is 4.98. The third kappa shape index (κ3) is 8.76. The van der Waals surface area contributed by atoms with E-state index in [0.29, 0.717) is 11.0 Å². The molecule has 55 valence electrons. The van der Waals surface area contributed by atoms with E-state index in [2.05, 4.69) is 6.92 Å². The van der Waals surface area contributed by atoms with E-state index in [-0.39, 0.29) is 17.1 Å². The fourth-order valence-electron chi connectivity index (χ4n) is 0.277. The first-order valence-electron chi connectivity index (χ1n) is 2.60. The van der Waals surface area contributed by atoms with Crippen LogP contribution in [0.3, 0.4) is 0 Å². The third-order valence-corrected chi connectivity index (χ3v) is 1.64. The molecular formula is C5H10MnOS2. The summed E-state index contributed by atoms with van der Waals surface area (Å²) in [7, 11) is 0. The molecule has 0 aliphatic heterocycles. The van der Waals surface area contributed by atoms with Crippen LogP contribution in [0.1, 0.15) is 13.8 Å². The van der Waals surface area contributed by atoms with Gasteiger partial charge in [-0.3, -0.25) is 0 Å². The molecule has 0 saturated carbocycles. The molecule has 0 fully saturated rings. The van der Waals surface area contributed by atoms with Crippen LogP contribution in [0, 0.1) is 0 Å². The number of rotatable bonds is 2. The summed E-state index contributed by atoms with van der Waals surface area (Å²) in [6, 6.07) is 0. The zero-order valence-corrected chi connectivity index (χ0v) is 8.33. The molecule has 1 nitrogen and oxygen atoms in total. The Balaban J connectivity index is 0. The van der Waals surface area contributed by atoms with Gasteiger partial charge in [0.05, 0.1) is 6.61 Å². The van der Waals surface area contributed by atoms with Gasteiger partial charge in [-0.1, -0.05) is 18.7 Å². The Morgan fingerprint density at radius 3 is 2.44 bits per heavy atom. The molecule has 0 saturated heterocycles. The second-order valence-electron chi connectivity index (χ2n) is 1.12. The zero-order valence-electron chi connectivity index (χ0n) is 5.52. The fourth-order valence-corrected chi connectivity index (χ4v) is 1.19. The molecule has 0 spiro atoms. The average Bonchev–Trinajstić information content (AvgIpc) is 1.68. The maximum atomic E-state index is 4.98. The summed E-state index contributed by atoms with van der Waals surface area (Å²) in [5.74, 6) is 0.999. The van der Waals surface area contributed by atoms with Crippen LogP contribution in [0.15, 0.2) is 0 Å². The van der Waals surface area contributed by atoms with Crippen LogP contribution < -0.4 is 0 Å². The monoisotopic (exact) mass is 205 g/mol. The van der Waals surface area contributed by atoms with Crippen molar-refractivity contribution in [1.29, 1.82) is 0 Å². The van der Waals surface area contributed by atoms with Crippen LogP contribution >= 0.6 is 24.0 Å². The Bertz CT molecular complexity index is 69.4. The van der Waals surface area contributed by atoms with Gasteiger partial charge >= 0.3 is 0 Å². The fraction of sp³-hybridized carbons (Fsp3) is 0.800. The summed E-state index contributed by atoms with van der Waals surface area (Å²) in [5, 5.41) is 0. The molecule has 0 aromatic rings.